The molecule has 70 valence electrons. The van der Waals surface area contributed by atoms with E-state index >= 15 is 0 Å². The molecule has 0 aliphatic heterocycles. The van der Waals surface area contributed by atoms with Crippen molar-refractivity contribution in [2.24, 2.45) is 0 Å². The summed E-state index contributed by atoms with van der Waals surface area (Å²) in [4.78, 5) is 10.1. The zero-order valence-corrected chi connectivity index (χ0v) is 7.03. The lowest BCUT2D eigenvalue weighted by atomic mass is 10.1. The molecule has 0 rings (SSSR count). The number of carboxylic acids is 1. The van der Waals surface area contributed by atoms with Crippen LogP contribution in [0.5, 0.6) is 0 Å². The molecule has 0 spiro atoms. The first-order chi connectivity index (χ1) is 5.48. The van der Waals surface area contributed by atoms with Crippen LogP contribution in [0, 0.1) is 0 Å². The summed E-state index contributed by atoms with van der Waals surface area (Å²) >= 11 is 0. The van der Waals surface area contributed by atoms with E-state index in [1.807, 2.05) is 0 Å². The van der Waals surface area contributed by atoms with Crippen LogP contribution in [0.2, 0.25) is 0 Å². The number of carbonyl (C=O) groups is 1. The number of hydrogen-bond acceptors (Lipinski definition) is 3. The van der Waals surface area contributed by atoms with Crippen molar-refractivity contribution in [3.8, 4) is 0 Å². The van der Waals surface area contributed by atoms with Crippen molar-refractivity contribution in [2.75, 3.05) is 0 Å². The topological polar surface area (TPSA) is 77.8 Å². The van der Waals surface area contributed by atoms with E-state index in [0.29, 0.717) is 0 Å². The molecular weight excluding hydrogens is 160 g/mol. The van der Waals surface area contributed by atoms with Gasteiger partial charge in [0.25, 0.3) is 0 Å². The van der Waals surface area contributed by atoms with Gasteiger partial charge in [0.2, 0.25) is 0 Å². The van der Waals surface area contributed by atoms with Gasteiger partial charge in [-0.2, -0.15) is 0 Å². The van der Waals surface area contributed by atoms with E-state index < -0.39 is 11.8 Å². The van der Waals surface area contributed by atoms with Crippen LogP contribution in [0.25, 0.3) is 0 Å². The van der Waals surface area contributed by atoms with Crippen molar-refractivity contribution in [2.45, 2.75) is 32.0 Å². The zero-order valence-electron chi connectivity index (χ0n) is 7.03. The molecule has 0 aromatic carbocycles. The molecule has 0 aliphatic rings. The average Bonchev–Trinajstić information content (AvgIpc) is 1.85. The molecule has 0 aromatic rings. The van der Waals surface area contributed by atoms with Gasteiger partial charge in [-0.3, -0.25) is 4.79 Å². The normalized spacial score (nSPS) is 12.2. The van der Waals surface area contributed by atoms with Gasteiger partial charge in [-0.05, 0) is 19.4 Å². The number of allylic oxidation sites excluding steroid dienone is 1. The number of aliphatic carboxylic acids is 1. The molecule has 4 nitrogen and oxygen atoms in total. The lowest BCUT2D eigenvalue weighted by Gasteiger charge is -2.15. The lowest BCUT2D eigenvalue weighted by molar-refractivity contribution is -0.139. The molecule has 0 aliphatic carbocycles. The van der Waals surface area contributed by atoms with Crippen LogP contribution in [0.15, 0.2) is 12.2 Å². The molecule has 0 atom stereocenters. The molecule has 0 saturated carbocycles. The highest BCUT2D eigenvalue weighted by Crippen LogP contribution is 2.12. The Hall–Kier alpha value is -0.870. The first kappa shape index (κ1) is 11.1. The Bertz CT molecular complexity index is 172. The molecule has 0 amide bonds. The van der Waals surface area contributed by atoms with Gasteiger partial charge in [0, 0.05) is 12.8 Å². The third-order valence-electron chi connectivity index (χ3n) is 1.37. The Labute approximate surface area is 71.1 Å². The van der Waals surface area contributed by atoms with E-state index in [1.54, 1.807) is 6.92 Å². The Morgan fingerprint density at radius 3 is 2.50 bits per heavy atom. The van der Waals surface area contributed by atoms with Crippen molar-refractivity contribution in [3.63, 3.8) is 0 Å². The Balaban J connectivity index is 3.68. The highest BCUT2D eigenvalue weighted by molar-refractivity contribution is 5.66. The van der Waals surface area contributed by atoms with E-state index in [1.165, 1.54) is 12.2 Å². The van der Waals surface area contributed by atoms with Gasteiger partial charge in [-0.25, -0.2) is 0 Å². The van der Waals surface area contributed by atoms with E-state index in [-0.39, 0.29) is 19.3 Å². The van der Waals surface area contributed by atoms with Gasteiger partial charge >= 0.3 is 5.97 Å². The Morgan fingerprint density at radius 1 is 1.50 bits per heavy atom. The molecular formula is C8H14O4. The third-order valence-corrected chi connectivity index (χ3v) is 1.37. The number of hydrogen-bond donors (Lipinski definition) is 3. The maximum atomic E-state index is 10.1. The van der Waals surface area contributed by atoms with Gasteiger partial charge in [0.1, 0.15) is 0 Å². The molecule has 0 aromatic heterocycles. The van der Waals surface area contributed by atoms with Crippen molar-refractivity contribution < 1.29 is 20.1 Å². The molecule has 0 saturated heterocycles. The molecule has 0 heterocycles. The molecule has 0 radical (unpaired) electrons. The van der Waals surface area contributed by atoms with Crippen LogP contribution in [-0.4, -0.2) is 27.1 Å². The fraction of sp³-hybridized carbons (Fsp3) is 0.625. The van der Waals surface area contributed by atoms with E-state index in [9.17, 15) is 4.79 Å². The second-order valence-electron chi connectivity index (χ2n) is 2.63. The van der Waals surface area contributed by atoms with Crippen LogP contribution in [0.1, 0.15) is 26.2 Å². The summed E-state index contributed by atoms with van der Waals surface area (Å²) in [6.45, 7) is 1.67. The van der Waals surface area contributed by atoms with Gasteiger partial charge < -0.3 is 15.3 Å². The van der Waals surface area contributed by atoms with Gasteiger partial charge in [-0.1, -0.05) is 6.08 Å². The van der Waals surface area contributed by atoms with Crippen LogP contribution in [-0.2, 0) is 4.79 Å². The summed E-state index contributed by atoms with van der Waals surface area (Å²) in [5.41, 5.74) is 0. The lowest BCUT2D eigenvalue weighted by Crippen LogP contribution is -2.24. The van der Waals surface area contributed by atoms with Crippen molar-refractivity contribution in [1.29, 1.82) is 0 Å². The smallest absolute Gasteiger partial charge is 0.303 e. The maximum absolute atomic E-state index is 10.1. The van der Waals surface area contributed by atoms with E-state index in [4.69, 9.17) is 15.3 Å². The summed E-state index contributed by atoms with van der Waals surface area (Å²) in [6, 6.07) is 0. The van der Waals surface area contributed by atoms with Crippen molar-refractivity contribution in [3.05, 3.63) is 12.2 Å². The molecule has 4 heteroatoms. The van der Waals surface area contributed by atoms with Crippen molar-refractivity contribution in [1.82, 2.24) is 0 Å². The van der Waals surface area contributed by atoms with Gasteiger partial charge in [0.05, 0.1) is 0 Å². The summed E-state index contributed by atoms with van der Waals surface area (Å²) < 4.78 is 0. The standard InChI is InChI=1S/C8H14O4/c1-2-5-8(11,12)6-3-4-7(9)10/h2,5,11-12H,3-4,6H2,1H3,(H,9,10). The zero-order chi connectivity index (χ0) is 9.61. The fourth-order valence-corrected chi connectivity index (χ4v) is 0.850. The predicted molar refractivity (Wildman–Crippen MR) is 43.5 cm³/mol. The van der Waals surface area contributed by atoms with Crippen LogP contribution in [0.3, 0.4) is 0 Å². The average molecular weight is 174 g/mol. The Kier molecular flexibility index (Phi) is 4.54. The minimum Gasteiger partial charge on any atom is -0.481 e. The second kappa shape index (κ2) is 4.90. The monoisotopic (exact) mass is 174 g/mol. The van der Waals surface area contributed by atoms with Gasteiger partial charge in [0.15, 0.2) is 5.79 Å². The molecule has 0 fully saturated rings. The first-order valence-corrected chi connectivity index (χ1v) is 3.78. The summed E-state index contributed by atoms with van der Waals surface area (Å²) in [5.74, 6) is -2.78. The van der Waals surface area contributed by atoms with Crippen LogP contribution < -0.4 is 0 Å². The van der Waals surface area contributed by atoms with Gasteiger partial charge in [-0.15, -0.1) is 0 Å². The SMILES string of the molecule is CC=CC(O)(O)CCCC(=O)O. The number of carboxylic acid groups (broad SMARTS) is 1. The first-order valence-electron chi connectivity index (χ1n) is 3.78. The Morgan fingerprint density at radius 2 is 2.08 bits per heavy atom. The minimum absolute atomic E-state index is 0.0412. The van der Waals surface area contributed by atoms with E-state index in [0.717, 1.165) is 0 Å². The third kappa shape index (κ3) is 5.88. The molecule has 12 heavy (non-hydrogen) atoms. The van der Waals surface area contributed by atoms with Crippen molar-refractivity contribution >= 4 is 5.97 Å². The summed E-state index contributed by atoms with van der Waals surface area (Å²) in [5, 5.41) is 26.5. The molecule has 3 N–H and O–H groups in total. The van der Waals surface area contributed by atoms with Crippen LogP contribution in [0.4, 0.5) is 0 Å². The van der Waals surface area contributed by atoms with E-state index in [2.05, 4.69) is 0 Å². The number of rotatable bonds is 5. The second-order valence-corrected chi connectivity index (χ2v) is 2.63. The largest absolute Gasteiger partial charge is 0.481 e. The molecule has 0 bridgehead atoms. The predicted octanol–water partition coefficient (Wildman–Crippen LogP) is 0.498. The number of aliphatic hydroxyl groups is 2. The van der Waals surface area contributed by atoms with Crippen LogP contribution >= 0.6 is 0 Å². The molecule has 0 unspecified atom stereocenters. The summed E-state index contributed by atoms with van der Waals surface area (Å²) in [7, 11) is 0. The minimum atomic E-state index is -1.86. The fourth-order valence-electron chi connectivity index (χ4n) is 0.850. The highest BCUT2D eigenvalue weighted by atomic mass is 16.5. The maximum Gasteiger partial charge on any atom is 0.303 e. The quantitative estimate of drug-likeness (QED) is 0.419. The highest BCUT2D eigenvalue weighted by Gasteiger charge is 2.17. The summed E-state index contributed by atoms with van der Waals surface area (Å²) in [6.07, 6.45) is 3.01.